The summed E-state index contributed by atoms with van der Waals surface area (Å²) in [5.41, 5.74) is 4.93. The van der Waals surface area contributed by atoms with Gasteiger partial charge in [0.1, 0.15) is 0 Å². The van der Waals surface area contributed by atoms with Crippen molar-refractivity contribution in [2.24, 2.45) is 5.73 Å². The second-order valence-corrected chi connectivity index (χ2v) is 2.30. The van der Waals surface area contributed by atoms with Crippen molar-refractivity contribution < 1.29 is 4.79 Å². The largest absolute Gasteiger partial charge is 0.370 e. The molecule has 11 heavy (non-hydrogen) atoms. The predicted molar refractivity (Wildman–Crippen MR) is 44.7 cm³/mol. The summed E-state index contributed by atoms with van der Waals surface area (Å²) in [6.07, 6.45) is 6.39. The number of primary amides is 1. The normalized spacial score (nSPS) is 12.0. The monoisotopic (exact) mass is 154 g/mol. The van der Waals surface area contributed by atoms with E-state index in [0.29, 0.717) is 13.0 Å². The molecule has 1 amide bonds. The van der Waals surface area contributed by atoms with Crippen LogP contribution in [-0.4, -0.2) is 18.5 Å². The number of hydrogen-bond acceptors (Lipinski definition) is 2. The van der Waals surface area contributed by atoms with E-state index in [1.165, 1.54) is 0 Å². The van der Waals surface area contributed by atoms with E-state index in [0.717, 1.165) is 6.42 Å². The molecule has 0 heterocycles. The van der Waals surface area contributed by atoms with E-state index in [9.17, 15) is 4.79 Å². The van der Waals surface area contributed by atoms with Crippen LogP contribution in [0.1, 0.15) is 19.8 Å². The lowest BCUT2D eigenvalue weighted by molar-refractivity contribution is -0.117. The summed E-state index contributed by atoms with van der Waals surface area (Å²) < 4.78 is 0. The van der Waals surface area contributed by atoms with Crippen LogP contribution in [0.15, 0.2) is 0 Å². The van der Waals surface area contributed by atoms with Crippen molar-refractivity contribution in [3.63, 3.8) is 0 Å². The molecule has 0 bridgehead atoms. The number of nitrogens with two attached hydrogens (primary N) is 1. The van der Waals surface area contributed by atoms with E-state index < -0.39 is 0 Å². The first-order chi connectivity index (χ1) is 5.20. The molecular weight excluding hydrogens is 140 g/mol. The average Bonchev–Trinajstić information content (AvgIpc) is 1.98. The SMILES string of the molecule is C#CC(CC)NCCC(N)=O. The third-order valence-electron chi connectivity index (χ3n) is 1.37. The maximum atomic E-state index is 10.3. The van der Waals surface area contributed by atoms with Gasteiger partial charge in [-0.3, -0.25) is 4.79 Å². The molecule has 0 aromatic rings. The molecule has 0 aromatic heterocycles. The van der Waals surface area contributed by atoms with Crippen LogP contribution < -0.4 is 11.1 Å². The van der Waals surface area contributed by atoms with E-state index in [2.05, 4.69) is 11.2 Å². The molecule has 0 aliphatic rings. The Labute approximate surface area is 67.3 Å². The number of amides is 1. The molecule has 0 saturated carbocycles. The Bertz CT molecular complexity index is 160. The Balaban J connectivity index is 3.38. The molecule has 0 radical (unpaired) electrons. The van der Waals surface area contributed by atoms with Crippen LogP contribution in [0.25, 0.3) is 0 Å². The fraction of sp³-hybridized carbons (Fsp3) is 0.625. The molecule has 0 aliphatic carbocycles. The Morgan fingerprint density at radius 2 is 2.45 bits per heavy atom. The molecule has 62 valence electrons. The van der Waals surface area contributed by atoms with Gasteiger partial charge in [0.15, 0.2) is 0 Å². The quantitative estimate of drug-likeness (QED) is 0.542. The van der Waals surface area contributed by atoms with Gasteiger partial charge in [-0.15, -0.1) is 6.42 Å². The molecule has 0 spiro atoms. The summed E-state index contributed by atoms with van der Waals surface area (Å²) in [6.45, 7) is 2.56. The number of hydrogen-bond donors (Lipinski definition) is 2. The number of nitrogens with one attached hydrogen (secondary N) is 1. The maximum absolute atomic E-state index is 10.3. The zero-order chi connectivity index (χ0) is 8.69. The van der Waals surface area contributed by atoms with Gasteiger partial charge in [0.25, 0.3) is 0 Å². The summed E-state index contributed by atoms with van der Waals surface area (Å²) in [4.78, 5) is 10.3. The third-order valence-corrected chi connectivity index (χ3v) is 1.37. The molecule has 0 fully saturated rings. The fourth-order valence-electron chi connectivity index (χ4n) is 0.691. The first-order valence-electron chi connectivity index (χ1n) is 3.68. The molecule has 1 unspecified atom stereocenters. The van der Waals surface area contributed by atoms with E-state index in [-0.39, 0.29) is 11.9 Å². The zero-order valence-electron chi connectivity index (χ0n) is 6.76. The smallest absolute Gasteiger partial charge is 0.218 e. The van der Waals surface area contributed by atoms with Gasteiger partial charge >= 0.3 is 0 Å². The van der Waals surface area contributed by atoms with E-state index in [4.69, 9.17) is 12.2 Å². The molecule has 0 saturated heterocycles. The zero-order valence-corrected chi connectivity index (χ0v) is 6.76. The summed E-state index contributed by atoms with van der Waals surface area (Å²) in [7, 11) is 0. The average molecular weight is 154 g/mol. The Morgan fingerprint density at radius 1 is 1.82 bits per heavy atom. The van der Waals surface area contributed by atoms with E-state index >= 15 is 0 Å². The van der Waals surface area contributed by atoms with Gasteiger partial charge in [0, 0.05) is 13.0 Å². The lowest BCUT2D eigenvalue weighted by atomic mass is 10.2. The number of carbonyl (C=O) groups excluding carboxylic acids is 1. The van der Waals surface area contributed by atoms with Crippen molar-refractivity contribution in [2.45, 2.75) is 25.8 Å². The summed E-state index contributed by atoms with van der Waals surface area (Å²) in [6, 6.07) is 0.0642. The van der Waals surface area contributed by atoms with Gasteiger partial charge < -0.3 is 11.1 Å². The predicted octanol–water partition coefficient (Wildman–Crippen LogP) is -0.137. The summed E-state index contributed by atoms with van der Waals surface area (Å²) in [5.74, 6) is 2.26. The first-order valence-corrected chi connectivity index (χ1v) is 3.68. The Hall–Kier alpha value is -1.01. The fourth-order valence-corrected chi connectivity index (χ4v) is 0.691. The molecule has 3 heteroatoms. The van der Waals surface area contributed by atoms with Crippen LogP contribution >= 0.6 is 0 Å². The second-order valence-electron chi connectivity index (χ2n) is 2.30. The number of terminal acetylenes is 1. The topological polar surface area (TPSA) is 55.1 Å². The standard InChI is InChI=1S/C8H14N2O/c1-3-7(4-2)10-6-5-8(9)11/h1,7,10H,4-6H2,2H3,(H2,9,11). The number of rotatable bonds is 5. The van der Waals surface area contributed by atoms with Gasteiger partial charge in [0.2, 0.25) is 5.91 Å². The highest BCUT2D eigenvalue weighted by atomic mass is 16.1. The van der Waals surface area contributed by atoms with Crippen molar-refractivity contribution >= 4 is 5.91 Å². The van der Waals surface area contributed by atoms with E-state index in [1.54, 1.807) is 0 Å². The van der Waals surface area contributed by atoms with Crippen LogP contribution in [0.3, 0.4) is 0 Å². The highest BCUT2D eigenvalue weighted by Gasteiger charge is 2.00. The van der Waals surface area contributed by atoms with Gasteiger partial charge in [-0.2, -0.15) is 0 Å². The summed E-state index contributed by atoms with van der Waals surface area (Å²) >= 11 is 0. The first kappa shape index (κ1) is 9.99. The summed E-state index contributed by atoms with van der Waals surface area (Å²) in [5, 5.41) is 3.01. The van der Waals surface area contributed by atoms with Crippen molar-refractivity contribution in [3.05, 3.63) is 0 Å². The van der Waals surface area contributed by atoms with Gasteiger partial charge in [-0.05, 0) is 6.42 Å². The van der Waals surface area contributed by atoms with Crippen molar-refractivity contribution in [2.75, 3.05) is 6.54 Å². The highest BCUT2D eigenvalue weighted by Crippen LogP contribution is 1.87. The van der Waals surface area contributed by atoms with Crippen molar-refractivity contribution in [3.8, 4) is 12.3 Å². The minimum absolute atomic E-state index is 0.0642. The highest BCUT2D eigenvalue weighted by molar-refractivity contribution is 5.73. The molecule has 1 atom stereocenters. The van der Waals surface area contributed by atoms with Crippen LogP contribution in [0.4, 0.5) is 0 Å². The van der Waals surface area contributed by atoms with Crippen LogP contribution in [-0.2, 0) is 4.79 Å². The van der Waals surface area contributed by atoms with Gasteiger partial charge in [-0.25, -0.2) is 0 Å². The maximum Gasteiger partial charge on any atom is 0.218 e. The molecule has 3 nitrogen and oxygen atoms in total. The molecule has 0 rings (SSSR count). The lowest BCUT2D eigenvalue weighted by Gasteiger charge is -2.08. The third kappa shape index (κ3) is 5.43. The Kier molecular flexibility index (Phi) is 5.22. The Morgan fingerprint density at radius 3 is 2.82 bits per heavy atom. The molecule has 0 aliphatic heterocycles. The van der Waals surface area contributed by atoms with Gasteiger partial charge in [-0.1, -0.05) is 12.8 Å². The van der Waals surface area contributed by atoms with Gasteiger partial charge in [0.05, 0.1) is 6.04 Å². The lowest BCUT2D eigenvalue weighted by Crippen LogP contribution is -2.30. The molecule has 0 aromatic carbocycles. The van der Waals surface area contributed by atoms with Crippen LogP contribution in [0.2, 0.25) is 0 Å². The number of carbonyl (C=O) groups is 1. The van der Waals surface area contributed by atoms with Crippen molar-refractivity contribution in [1.29, 1.82) is 0 Å². The van der Waals surface area contributed by atoms with Crippen molar-refractivity contribution in [1.82, 2.24) is 5.32 Å². The molecule has 3 N–H and O–H groups in total. The minimum atomic E-state index is -0.302. The second kappa shape index (κ2) is 5.75. The minimum Gasteiger partial charge on any atom is -0.370 e. The molecular formula is C8H14N2O. The van der Waals surface area contributed by atoms with Crippen LogP contribution in [0.5, 0.6) is 0 Å². The van der Waals surface area contributed by atoms with E-state index in [1.807, 2.05) is 6.92 Å². The van der Waals surface area contributed by atoms with Crippen LogP contribution in [0, 0.1) is 12.3 Å².